The summed E-state index contributed by atoms with van der Waals surface area (Å²) in [6.07, 6.45) is 2.40. The van der Waals surface area contributed by atoms with Crippen molar-refractivity contribution in [2.45, 2.75) is 31.3 Å². The molecule has 102 valence electrons. The van der Waals surface area contributed by atoms with Gasteiger partial charge in [0.05, 0.1) is 0 Å². The molecule has 1 aliphatic heterocycles. The molecule has 0 radical (unpaired) electrons. The monoisotopic (exact) mass is 272 g/mol. The molecule has 7 heteroatoms. The maximum Gasteiger partial charge on any atom is 0.259 e. The lowest BCUT2D eigenvalue weighted by atomic mass is 9.99. The minimum atomic E-state index is -3.51. The van der Waals surface area contributed by atoms with Crippen LogP contribution in [-0.2, 0) is 17.1 Å². The minimum Gasteiger partial charge on any atom is -0.337 e. The van der Waals surface area contributed by atoms with Crippen LogP contribution in [0.1, 0.15) is 19.2 Å². The van der Waals surface area contributed by atoms with E-state index in [4.69, 9.17) is 0 Å². The number of rotatable bonds is 3. The molecule has 2 atom stereocenters. The molecule has 18 heavy (non-hydrogen) atoms. The molecule has 0 spiro atoms. The summed E-state index contributed by atoms with van der Waals surface area (Å²) >= 11 is 0. The highest BCUT2D eigenvalue weighted by molar-refractivity contribution is 7.89. The van der Waals surface area contributed by atoms with Crippen LogP contribution >= 0.6 is 0 Å². The molecule has 0 saturated carbocycles. The van der Waals surface area contributed by atoms with Crippen LogP contribution in [0.4, 0.5) is 0 Å². The van der Waals surface area contributed by atoms with E-state index < -0.39 is 10.0 Å². The largest absolute Gasteiger partial charge is 0.337 e. The SMILES string of the molecule is Cc1nc(S(=O)(=O)NC2CNCC(C)C2)cn1C. The summed E-state index contributed by atoms with van der Waals surface area (Å²) in [6, 6.07) is -0.0546. The number of piperidine rings is 1. The second kappa shape index (κ2) is 4.99. The number of nitrogens with one attached hydrogen (secondary N) is 2. The standard InChI is InChI=1S/C11H20N4O2S/c1-8-4-10(6-12-5-8)14-18(16,17)11-7-15(3)9(2)13-11/h7-8,10,12,14H,4-6H2,1-3H3. The van der Waals surface area contributed by atoms with Crippen molar-refractivity contribution < 1.29 is 8.42 Å². The first-order chi connectivity index (χ1) is 8.38. The Labute approximate surface area is 108 Å². The van der Waals surface area contributed by atoms with E-state index in [0.29, 0.717) is 18.3 Å². The lowest BCUT2D eigenvalue weighted by Gasteiger charge is -2.27. The van der Waals surface area contributed by atoms with Crippen LogP contribution in [0.2, 0.25) is 0 Å². The Balaban J connectivity index is 2.12. The van der Waals surface area contributed by atoms with Crippen LogP contribution < -0.4 is 10.0 Å². The molecule has 2 rings (SSSR count). The zero-order valence-electron chi connectivity index (χ0n) is 11.0. The Morgan fingerprint density at radius 3 is 2.78 bits per heavy atom. The quantitative estimate of drug-likeness (QED) is 0.812. The van der Waals surface area contributed by atoms with Crippen molar-refractivity contribution in [3.05, 3.63) is 12.0 Å². The van der Waals surface area contributed by atoms with E-state index in [0.717, 1.165) is 13.0 Å². The average Bonchev–Trinajstić information content (AvgIpc) is 2.59. The van der Waals surface area contributed by atoms with Gasteiger partial charge in [0.15, 0.2) is 5.03 Å². The summed E-state index contributed by atoms with van der Waals surface area (Å²) in [5, 5.41) is 3.32. The van der Waals surface area contributed by atoms with E-state index in [-0.39, 0.29) is 11.1 Å². The zero-order chi connectivity index (χ0) is 13.3. The van der Waals surface area contributed by atoms with E-state index in [1.165, 1.54) is 6.20 Å². The van der Waals surface area contributed by atoms with Crippen molar-refractivity contribution in [3.63, 3.8) is 0 Å². The highest BCUT2D eigenvalue weighted by Crippen LogP contribution is 2.13. The molecule has 2 unspecified atom stereocenters. The third-order valence-electron chi connectivity index (χ3n) is 3.25. The van der Waals surface area contributed by atoms with Gasteiger partial charge in [0.1, 0.15) is 5.82 Å². The topological polar surface area (TPSA) is 76.0 Å². The Hall–Kier alpha value is -0.920. The first-order valence-electron chi connectivity index (χ1n) is 6.11. The summed E-state index contributed by atoms with van der Waals surface area (Å²) in [7, 11) is -1.72. The lowest BCUT2D eigenvalue weighted by Crippen LogP contribution is -2.48. The van der Waals surface area contributed by atoms with Crippen LogP contribution in [0.3, 0.4) is 0 Å². The fourth-order valence-electron chi connectivity index (χ4n) is 2.18. The van der Waals surface area contributed by atoms with Gasteiger partial charge in [-0.25, -0.2) is 18.1 Å². The number of aryl methyl sites for hydroxylation is 2. The van der Waals surface area contributed by atoms with Crippen molar-refractivity contribution >= 4 is 10.0 Å². The van der Waals surface area contributed by atoms with E-state index in [9.17, 15) is 8.42 Å². The number of hydrogen-bond acceptors (Lipinski definition) is 4. The highest BCUT2D eigenvalue weighted by Gasteiger charge is 2.26. The molecule has 2 heterocycles. The summed E-state index contributed by atoms with van der Waals surface area (Å²) in [5.41, 5.74) is 0. The molecule has 2 N–H and O–H groups in total. The van der Waals surface area contributed by atoms with Crippen molar-refractivity contribution in [2.75, 3.05) is 13.1 Å². The van der Waals surface area contributed by atoms with Gasteiger partial charge in [0.2, 0.25) is 0 Å². The van der Waals surface area contributed by atoms with Gasteiger partial charge in [-0.3, -0.25) is 0 Å². The predicted octanol–water partition coefficient (Wildman–Crippen LogP) is 0.00482. The normalized spacial score (nSPS) is 25.3. The molecular weight excluding hydrogens is 252 g/mol. The summed E-state index contributed by atoms with van der Waals surface area (Å²) < 4.78 is 28.7. The van der Waals surface area contributed by atoms with Gasteiger partial charge in [-0.15, -0.1) is 0 Å². The van der Waals surface area contributed by atoms with Crippen molar-refractivity contribution in [1.82, 2.24) is 19.6 Å². The molecule has 6 nitrogen and oxygen atoms in total. The number of sulfonamides is 1. The van der Waals surface area contributed by atoms with E-state index in [1.807, 2.05) is 0 Å². The van der Waals surface area contributed by atoms with Crippen LogP contribution in [0, 0.1) is 12.8 Å². The van der Waals surface area contributed by atoms with E-state index in [1.54, 1.807) is 18.5 Å². The number of imidazole rings is 1. The Morgan fingerprint density at radius 2 is 2.22 bits per heavy atom. The van der Waals surface area contributed by atoms with Crippen molar-refractivity contribution in [3.8, 4) is 0 Å². The van der Waals surface area contributed by atoms with Crippen LogP contribution in [0.15, 0.2) is 11.2 Å². The summed E-state index contributed by atoms with van der Waals surface area (Å²) in [4.78, 5) is 4.06. The molecule has 0 aliphatic carbocycles. The zero-order valence-corrected chi connectivity index (χ0v) is 11.8. The smallest absolute Gasteiger partial charge is 0.259 e. The molecule has 0 aromatic carbocycles. The number of aromatic nitrogens is 2. The fourth-order valence-corrected chi connectivity index (χ4v) is 3.47. The molecule has 1 aliphatic rings. The number of nitrogens with zero attached hydrogens (tertiary/aromatic N) is 2. The van der Waals surface area contributed by atoms with Crippen molar-refractivity contribution in [1.29, 1.82) is 0 Å². The lowest BCUT2D eigenvalue weighted by molar-refractivity contribution is 0.346. The first-order valence-corrected chi connectivity index (χ1v) is 7.60. The van der Waals surface area contributed by atoms with Gasteiger partial charge in [0, 0.05) is 25.8 Å². The van der Waals surface area contributed by atoms with Gasteiger partial charge < -0.3 is 9.88 Å². The van der Waals surface area contributed by atoms with Crippen LogP contribution in [0.25, 0.3) is 0 Å². The third kappa shape index (κ3) is 2.90. The highest BCUT2D eigenvalue weighted by atomic mass is 32.2. The molecule has 1 fully saturated rings. The molecule has 0 bridgehead atoms. The van der Waals surface area contributed by atoms with E-state index >= 15 is 0 Å². The van der Waals surface area contributed by atoms with Gasteiger partial charge in [-0.05, 0) is 25.8 Å². The average molecular weight is 272 g/mol. The van der Waals surface area contributed by atoms with Crippen LogP contribution in [-0.4, -0.2) is 37.1 Å². The van der Waals surface area contributed by atoms with Crippen molar-refractivity contribution in [2.24, 2.45) is 13.0 Å². The molecule has 0 amide bonds. The Kier molecular flexibility index (Phi) is 3.74. The van der Waals surface area contributed by atoms with Gasteiger partial charge in [-0.1, -0.05) is 6.92 Å². The first kappa shape index (κ1) is 13.5. The third-order valence-corrected chi connectivity index (χ3v) is 4.65. The Morgan fingerprint density at radius 1 is 1.50 bits per heavy atom. The maximum absolute atomic E-state index is 12.2. The van der Waals surface area contributed by atoms with Gasteiger partial charge in [0.25, 0.3) is 10.0 Å². The molecule has 1 aromatic rings. The minimum absolute atomic E-state index is 0.0546. The second-order valence-electron chi connectivity index (χ2n) is 5.05. The van der Waals surface area contributed by atoms with Gasteiger partial charge in [-0.2, -0.15) is 0 Å². The fraction of sp³-hybridized carbons (Fsp3) is 0.727. The van der Waals surface area contributed by atoms with E-state index in [2.05, 4.69) is 21.9 Å². The van der Waals surface area contributed by atoms with Gasteiger partial charge >= 0.3 is 0 Å². The number of hydrogen-bond donors (Lipinski definition) is 2. The summed E-state index contributed by atoms with van der Waals surface area (Å²) in [5.74, 6) is 1.17. The molecular formula is C11H20N4O2S. The van der Waals surface area contributed by atoms with Crippen LogP contribution in [0.5, 0.6) is 0 Å². The Bertz CT molecular complexity index is 504. The second-order valence-corrected chi connectivity index (χ2v) is 6.72. The maximum atomic E-state index is 12.2. The molecule has 1 aromatic heterocycles. The summed E-state index contributed by atoms with van der Waals surface area (Å²) in [6.45, 7) is 5.51. The predicted molar refractivity (Wildman–Crippen MR) is 68.7 cm³/mol. The molecule has 1 saturated heterocycles.